The van der Waals surface area contributed by atoms with Crippen LogP contribution in [0.1, 0.15) is 39.7 Å². The van der Waals surface area contributed by atoms with Gasteiger partial charge in [0.25, 0.3) is 0 Å². The minimum Gasteiger partial charge on any atom is -0.490 e. The predicted molar refractivity (Wildman–Crippen MR) is 107 cm³/mol. The second-order valence-corrected chi connectivity index (χ2v) is 8.54. The number of rotatable bonds is 10. The van der Waals surface area contributed by atoms with E-state index in [1.54, 1.807) is 11.8 Å². The molecule has 0 aliphatic rings. The van der Waals surface area contributed by atoms with E-state index in [0.717, 1.165) is 15.7 Å². The summed E-state index contributed by atoms with van der Waals surface area (Å²) in [5.74, 6) is 1.37. The van der Waals surface area contributed by atoms with Crippen molar-refractivity contribution in [2.24, 2.45) is 0 Å². The van der Waals surface area contributed by atoms with Gasteiger partial charge in [0, 0.05) is 11.7 Å². The van der Waals surface area contributed by atoms with Crippen molar-refractivity contribution in [2.75, 3.05) is 18.5 Å². The molecule has 1 N–H and O–H groups in total. The molecule has 142 valence electrons. The zero-order valence-corrected chi connectivity index (χ0v) is 17.2. The molecule has 2 rings (SSSR count). The lowest BCUT2D eigenvalue weighted by atomic mass is 10.1. The highest BCUT2D eigenvalue weighted by atomic mass is 32.2. The van der Waals surface area contributed by atoms with Gasteiger partial charge in [-0.25, -0.2) is 0 Å². The molecule has 1 heterocycles. The molecule has 1 amide bonds. The number of nitrogens with one attached hydrogen (secondary N) is 1. The largest absolute Gasteiger partial charge is 0.490 e. The van der Waals surface area contributed by atoms with Crippen LogP contribution in [0.4, 0.5) is 5.13 Å². The van der Waals surface area contributed by atoms with Crippen LogP contribution in [-0.4, -0.2) is 34.6 Å². The Labute approximate surface area is 162 Å². The summed E-state index contributed by atoms with van der Waals surface area (Å²) < 4.78 is 12.0. The molecule has 0 aliphatic carbocycles. The third kappa shape index (κ3) is 6.49. The van der Waals surface area contributed by atoms with Crippen LogP contribution < -0.4 is 14.8 Å². The Balaban J connectivity index is 1.90. The normalized spacial score (nSPS) is 10.8. The number of carbonyl (C=O) groups excluding carboxylic acids is 1. The Hall–Kier alpha value is -1.80. The van der Waals surface area contributed by atoms with Crippen molar-refractivity contribution in [3.8, 4) is 11.5 Å². The maximum atomic E-state index is 12.2. The number of hydrogen-bond donors (Lipinski definition) is 1. The van der Waals surface area contributed by atoms with Gasteiger partial charge in [0.05, 0.1) is 13.2 Å². The highest BCUT2D eigenvalue weighted by Crippen LogP contribution is 2.30. The third-order valence-electron chi connectivity index (χ3n) is 3.24. The molecule has 26 heavy (non-hydrogen) atoms. The summed E-state index contributed by atoms with van der Waals surface area (Å²) in [5.41, 5.74) is 1.03. The van der Waals surface area contributed by atoms with Gasteiger partial charge in [-0.3, -0.25) is 4.79 Å². The van der Waals surface area contributed by atoms with Crippen molar-refractivity contribution in [3.05, 3.63) is 23.8 Å². The molecule has 0 bridgehead atoms. The minimum absolute atomic E-state index is 0.0749. The van der Waals surface area contributed by atoms with E-state index in [1.165, 1.54) is 11.3 Å². The predicted octanol–water partition coefficient (Wildman–Crippen LogP) is 4.41. The van der Waals surface area contributed by atoms with Crippen LogP contribution in [0, 0.1) is 0 Å². The van der Waals surface area contributed by atoms with E-state index in [9.17, 15) is 4.79 Å². The van der Waals surface area contributed by atoms with Crippen molar-refractivity contribution >= 4 is 34.1 Å². The van der Waals surface area contributed by atoms with Crippen molar-refractivity contribution in [1.29, 1.82) is 0 Å². The van der Waals surface area contributed by atoms with Crippen LogP contribution in [0.3, 0.4) is 0 Å². The van der Waals surface area contributed by atoms with E-state index in [-0.39, 0.29) is 5.91 Å². The number of anilines is 1. The molecule has 8 heteroatoms. The third-order valence-corrected chi connectivity index (χ3v) is 5.16. The van der Waals surface area contributed by atoms with E-state index in [2.05, 4.69) is 29.4 Å². The molecule has 0 radical (unpaired) electrons. The topological polar surface area (TPSA) is 73.3 Å². The monoisotopic (exact) mass is 395 g/mol. The Morgan fingerprint density at radius 1 is 1.19 bits per heavy atom. The number of hydrogen-bond acceptors (Lipinski definition) is 7. The lowest BCUT2D eigenvalue weighted by Crippen LogP contribution is -2.12. The fourth-order valence-corrected chi connectivity index (χ4v) is 4.19. The second-order valence-electron chi connectivity index (χ2n) is 5.74. The number of aryl methyl sites for hydroxylation is 1. The Morgan fingerprint density at radius 2 is 1.92 bits per heavy atom. The molecule has 0 unspecified atom stereocenters. The van der Waals surface area contributed by atoms with Crippen LogP contribution >= 0.6 is 23.1 Å². The SMILES string of the molecule is CCOc1ccc(CCC(=O)Nc2nnc(SC(C)C)s2)cc1OCC. The number of benzene rings is 1. The van der Waals surface area contributed by atoms with E-state index in [4.69, 9.17) is 9.47 Å². The van der Waals surface area contributed by atoms with Crippen LogP contribution in [0.15, 0.2) is 22.5 Å². The number of amides is 1. The molecule has 6 nitrogen and oxygen atoms in total. The summed E-state index contributed by atoms with van der Waals surface area (Å²) in [6.07, 6.45) is 0.983. The number of nitrogens with zero attached hydrogens (tertiary/aromatic N) is 2. The number of ether oxygens (including phenoxy) is 2. The molecule has 0 aliphatic heterocycles. The van der Waals surface area contributed by atoms with Gasteiger partial charge in [-0.1, -0.05) is 43.0 Å². The molecule has 0 spiro atoms. The van der Waals surface area contributed by atoms with Crippen LogP contribution in [0.25, 0.3) is 0 Å². The first-order valence-corrected chi connectivity index (χ1v) is 10.4. The lowest BCUT2D eigenvalue weighted by molar-refractivity contribution is -0.116. The van der Waals surface area contributed by atoms with Crippen LogP contribution in [0.5, 0.6) is 11.5 Å². The van der Waals surface area contributed by atoms with Gasteiger partial charge in [0.1, 0.15) is 0 Å². The summed E-state index contributed by atoms with van der Waals surface area (Å²) in [5, 5.41) is 11.9. The molecule has 0 saturated carbocycles. The van der Waals surface area contributed by atoms with Crippen molar-refractivity contribution < 1.29 is 14.3 Å². The van der Waals surface area contributed by atoms with E-state index in [1.807, 2.05) is 32.0 Å². The molecular weight excluding hydrogens is 370 g/mol. The van der Waals surface area contributed by atoms with Gasteiger partial charge in [-0.05, 0) is 38.0 Å². The van der Waals surface area contributed by atoms with Gasteiger partial charge in [0.2, 0.25) is 11.0 Å². The number of carbonyl (C=O) groups is 1. The fourth-order valence-electron chi connectivity index (χ4n) is 2.20. The Bertz CT molecular complexity index is 719. The van der Waals surface area contributed by atoms with Gasteiger partial charge < -0.3 is 14.8 Å². The average Bonchev–Trinajstić information content (AvgIpc) is 3.01. The zero-order valence-electron chi connectivity index (χ0n) is 15.6. The van der Waals surface area contributed by atoms with Crippen molar-refractivity contribution in [2.45, 2.75) is 50.1 Å². The number of thioether (sulfide) groups is 1. The minimum atomic E-state index is -0.0749. The molecular formula is C18H25N3O3S2. The molecule has 0 saturated heterocycles. The lowest BCUT2D eigenvalue weighted by Gasteiger charge is -2.12. The van der Waals surface area contributed by atoms with Crippen molar-refractivity contribution in [1.82, 2.24) is 10.2 Å². The number of aromatic nitrogens is 2. The van der Waals surface area contributed by atoms with E-state index >= 15 is 0 Å². The second kappa shape index (κ2) is 10.4. The Kier molecular flexibility index (Phi) is 8.18. The average molecular weight is 396 g/mol. The van der Waals surface area contributed by atoms with Gasteiger partial charge in [-0.2, -0.15) is 0 Å². The summed E-state index contributed by atoms with van der Waals surface area (Å²) >= 11 is 3.04. The van der Waals surface area contributed by atoms with Crippen LogP contribution in [-0.2, 0) is 11.2 Å². The van der Waals surface area contributed by atoms with Gasteiger partial charge in [-0.15, -0.1) is 10.2 Å². The summed E-state index contributed by atoms with van der Waals surface area (Å²) in [6, 6.07) is 5.79. The fraction of sp³-hybridized carbons (Fsp3) is 0.500. The smallest absolute Gasteiger partial charge is 0.226 e. The molecule has 2 aromatic rings. The highest BCUT2D eigenvalue weighted by Gasteiger charge is 2.11. The zero-order chi connectivity index (χ0) is 18.9. The summed E-state index contributed by atoms with van der Waals surface area (Å²) in [7, 11) is 0. The first kappa shape index (κ1) is 20.5. The van der Waals surface area contributed by atoms with Crippen LogP contribution in [0.2, 0.25) is 0 Å². The van der Waals surface area contributed by atoms with Gasteiger partial charge in [0.15, 0.2) is 15.8 Å². The molecule has 1 aromatic heterocycles. The maximum absolute atomic E-state index is 12.2. The van der Waals surface area contributed by atoms with Gasteiger partial charge >= 0.3 is 0 Å². The standard InChI is InChI=1S/C18H25N3O3S2/c1-5-23-14-9-7-13(11-15(14)24-6-2)8-10-16(22)19-17-20-21-18(26-17)25-12(3)4/h7,9,11-12H,5-6,8,10H2,1-4H3,(H,19,20,22). The molecule has 0 fully saturated rings. The van der Waals surface area contributed by atoms with E-state index < -0.39 is 0 Å². The highest BCUT2D eigenvalue weighted by molar-refractivity contribution is 8.01. The summed E-state index contributed by atoms with van der Waals surface area (Å²) in [6.45, 7) is 9.21. The molecule has 1 aromatic carbocycles. The first-order chi connectivity index (χ1) is 12.5. The maximum Gasteiger partial charge on any atom is 0.226 e. The summed E-state index contributed by atoms with van der Waals surface area (Å²) in [4.78, 5) is 12.2. The van der Waals surface area contributed by atoms with Crippen molar-refractivity contribution in [3.63, 3.8) is 0 Å². The Morgan fingerprint density at radius 3 is 2.62 bits per heavy atom. The first-order valence-electron chi connectivity index (χ1n) is 8.70. The quantitative estimate of drug-likeness (QED) is 0.475. The van der Waals surface area contributed by atoms with E-state index in [0.29, 0.717) is 42.2 Å². The molecule has 0 atom stereocenters.